The van der Waals surface area contributed by atoms with Gasteiger partial charge in [0.2, 0.25) is 0 Å². The highest BCUT2D eigenvalue weighted by molar-refractivity contribution is 7.07. The first-order valence-corrected chi connectivity index (χ1v) is 7.51. The lowest BCUT2D eigenvalue weighted by atomic mass is 10.3. The predicted molar refractivity (Wildman–Crippen MR) is 82.1 cm³/mol. The van der Waals surface area contributed by atoms with Crippen molar-refractivity contribution in [3.05, 3.63) is 63.5 Å². The van der Waals surface area contributed by atoms with Crippen LogP contribution in [0, 0.1) is 0 Å². The summed E-state index contributed by atoms with van der Waals surface area (Å²) in [5, 5.41) is 14.7. The monoisotopic (exact) mass is 310 g/mol. The molecule has 108 valence electrons. The molecular weight excluding hydrogens is 300 g/mol. The van der Waals surface area contributed by atoms with Gasteiger partial charge in [-0.05, 0) is 12.1 Å². The van der Waals surface area contributed by atoms with Crippen molar-refractivity contribution in [3.8, 4) is 5.69 Å². The Morgan fingerprint density at radius 3 is 2.82 bits per heavy atom. The van der Waals surface area contributed by atoms with Gasteiger partial charge in [0.15, 0.2) is 5.65 Å². The van der Waals surface area contributed by atoms with Crippen molar-refractivity contribution in [2.75, 3.05) is 0 Å². The number of para-hydroxylation sites is 1. The van der Waals surface area contributed by atoms with Crippen LogP contribution in [0.1, 0.15) is 5.69 Å². The zero-order valence-corrected chi connectivity index (χ0v) is 12.1. The van der Waals surface area contributed by atoms with Gasteiger partial charge in [-0.2, -0.15) is 5.10 Å². The van der Waals surface area contributed by atoms with Crippen molar-refractivity contribution in [3.63, 3.8) is 0 Å². The minimum Gasteiger partial charge on any atom is -0.267 e. The van der Waals surface area contributed by atoms with E-state index in [0.717, 1.165) is 11.4 Å². The number of aromatic nitrogens is 6. The van der Waals surface area contributed by atoms with Crippen molar-refractivity contribution in [1.29, 1.82) is 0 Å². The van der Waals surface area contributed by atoms with E-state index in [1.165, 1.54) is 22.2 Å². The predicted octanol–water partition coefficient (Wildman–Crippen LogP) is 1.48. The maximum atomic E-state index is 12.5. The number of hydrogen-bond donors (Lipinski definition) is 0. The van der Waals surface area contributed by atoms with E-state index >= 15 is 0 Å². The Kier molecular flexibility index (Phi) is 3.01. The zero-order valence-electron chi connectivity index (χ0n) is 11.3. The highest BCUT2D eigenvalue weighted by Crippen LogP contribution is 2.12. The Balaban J connectivity index is 1.83. The molecule has 0 aliphatic rings. The topological polar surface area (TPSA) is 78.5 Å². The molecule has 0 radical (unpaired) electrons. The summed E-state index contributed by atoms with van der Waals surface area (Å²) in [4.78, 5) is 16.6. The molecule has 0 aliphatic carbocycles. The first-order chi connectivity index (χ1) is 10.8. The van der Waals surface area contributed by atoms with Crippen LogP contribution in [0.25, 0.3) is 16.7 Å². The lowest BCUT2D eigenvalue weighted by Gasteiger charge is -2.03. The molecule has 0 bridgehead atoms. The van der Waals surface area contributed by atoms with E-state index in [2.05, 4.69) is 20.4 Å². The highest BCUT2D eigenvalue weighted by Gasteiger charge is 2.13. The molecule has 7 nitrogen and oxygen atoms in total. The van der Waals surface area contributed by atoms with Gasteiger partial charge in [0.05, 0.1) is 29.6 Å². The molecule has 1 aromatic carbocycles. The SMILES string of the molecule is O=c1c2cnn(-c3ccccc3)c2nnn1Cc1cscn1. The second kappa shape index (κ2) is 5.15. The lowest BCUT2D eigenvalue weighted by Crippen LogP contribution is -2.24. The van der Waals surface area contributed by atoms with Gasteiger partial charge in [-0.15, -0.1) is 16.4 Å². The van der Waals surface area contributed by atoms with E-state index in [4.69, 9.17) is 0 Å². The molecule has 4 rings (SSSR count). The van der Waals surface area contributed by atoms with E-state index in [-0.39, 0.29) is 5.56 Å². The third-order valence-electron chi connectivity index (χ3n) is 3.25. The maximum absolute atomic E-state index is 12.5. The van der Waals surface area contributed by atoms with Gasteiger partial charge >= 0.3 is 0 Å². The molecule has 0 fully saturated rings. The molecule has 0 atom stereocenters. The largest absolute Gasteiger partial charge is 0.281 e. The molecule has 0 aliphatic heterocycles. The summed E-state index contributed by atoms with van der Waals surface area (Å²) >= 11 is 1.48. The Hall–Kier alpha value is -2.87. The number of thiazole rings is 1. The van der Waals surface area contributed by atoms with E-state index < -0.39 is 0 Å². The molecule has 3 aromatic heterocycles. The Morgan fingerprint density at radius 1 is 1.18 bits per heavy atom. The summed E-state index contributed by atoms with van der Waals surface area (Å²) in [5.74, 6) is 0. The molecule has 0 unspecified atom stereocenters. The van der Waals surface area contributed by atoms with Gasteiger partial charge in [-0.25, -0.2) is 14.3 Å². The molecule has 0 amide bonds. The first-order valence-electron chi connectivity index (χ1n) is 6.57. The van der Waals surface area contributed by atoms with Gasteiger partial charge in [0.1, 0.15) is 5.39 Å². The fourth-order valence-corrected chi connectivity index (χ4v) is 2.75. The van der Waals surface area contributed by atoms with E-state index in [1.54, 1.807) is 10.2 Å². The summed E-state index contributed by atoms with van der Waals surface area (Å²) < 4.78 is 2.91. The first kappa shape index (κ1) is 12.8. The smallest absolute Gasteiger partial charge is 0.267 e. The molecule has 3 heterocycles. The number of nitrogens with zero attached hydrogens (tertiary/aromatic N) is 6. The maximum Gasteiger partial charge on any atom is 0.281 e. The number of benzene rings is 1. The van der Waals surface area contributed by atoms with Crippen LogP contribution >= 0.6 is 11.3 Å². The van der Waals surface area contributed by atoms with Crippen molar-refractivity contribution >= 4 is 22.4 Å². The average molecular weight is 310 g/mol. The van der Waals surface area contributed by atoms with Gasteiger partial charge in [-0.1, -0.05) is 23.4 Å². The average Bonchev–Trinajstić information content (AvgIpc) is 3.21. The van der Waals surface area contributed by atoms with Gasteiger partial charge in [0.25, 0.3) is 5.56 Å². The van der Waals surface area contributed by atoms with E-state index in [9.17, 15) is 4.79 Å². The van der Waals surface area contributed by atoms with Gasteiger partial charge in [0, 0.05) is 5.38 Å². The van der Waals surface area contributed by atoms with Crippen LogP contribution in [-0.4, -0.2) is 29.8 Å². The third kappa shape index (κ3) is 2.09. The number of hydrogen-bond acceptors (Lipinski definition) is 6. The molecule has 4 aromatic rings. The summed E-state index contributed by atoms with van der Waals surface area (Å²) in [6.45, 7) is 0.307. The van der Waals surface area contributed by atoms with Crippen LogP contribution < -0.4 is 5.56 Å². The molecule has 0 saturated carbocycles. The summed E-state index contributed by atoms with van der Waals surface area (Å²) in [7, 11) is 0. The van der Waals surface area contributed by atoms with Crippen molar-refractivity contribution in [2.24, 2.45) is 0 Å². The quantitative estimate of drug-likeness (QED) is 0.573. The molecular formula is C14H10N6OS. The normalized spacial score (nSPS) is 11.1. The van der Waals surface area contributed by atoms with Crippen LogP contribution in [0.3, 0.4) is 0 Å². The Morgan fingerprint density at radius 2 is 2.05 bits per heavy atom. The molecule has 0 N–H and O–H groups in total. The zero-order chi connectivity index (χ0) is 14.9. The van der Waals surface area contributed by atoms with E-state index in [1.807, 2.05) is 35.7 Å². The summed E-state index contributed by atoms with van der Waals surface area (Å²) in [6, 6.07) is 9.52. The molecule has 22 heavy (non-hydrogen) atoms. The number of rotatable bonds is 3. The van der Waals surface area contributed by atoms with Gasteiger partial charge in [-0.3, -0.25) is 4.79 Å². The van der Waals surface area contributed by atoms with Crippen molar-refractivity contribution < 1.29 is 0 Å². The molecule has 0 spiro atoms. The lowest BCUT2D eigenvalue weighted by molar-refractivity contribution is 0.591. The summed E-state index contributed by atoms with van der Waals surface area (Å²) in [6.07, 6.45) is 1.52. The van der Waals surface area contributed by atoms with Crippen molar-refractivity contribution in [2.45, 2.75) is 6.54 Å². The minimum absolute atomic E-state index is 0.222. The fourth-order valence-electron chi connectivity index (χ4n) is 2.20. The second-order valence-corrected chi connectivity index (χ2v) is 5.38. The highest BCUT2D eigenvalue weighted by atomic mass is 32.1. The van der Waals surface area contributed by atoms with Crippen LogP contribution in [0.15, 0.2) is 52.2 Å². The molecule has 8 heteroatoms. The van der Waals surface area contributed by atoms with Crippen LogP contribution in [0.2, 0.25) is 0 Å². The number of fused-ring (bicyclic) bond motifs is 1. The van der Waals surface area contributed by atoms with Crippen LogP contribution in [0.5, 0.6) is 0 Å². The Bertz CT molecular complexity index is 974. The molecule has 0 saturated heterocycles. The van der Waals surface area contributed by atoms with E-state index in [0.29, 0.717) is 17.6 Å². The second-order valence-electron chi connectivity index (χ2n) is 4.66. The standard InChI is InChI=1S/C14H10N6OS/c21-14-12-6-16-20(11-4-2-1-3-5-11)13(12)17-18-19(14)7-10-8-22-9-15-10/h1-6,8-9H,7H2. The Labute approximate surface area is 128 Å². The van der Waals surface area contributed by atoms with Crippen molar-refractivity contribution in [1.82, 2.24) is 29.8 Å². The fraction of sp³-hybridized carbons (Fsp3) is 0.0714. The summed E-state index contributed by atoms with van der Waals surface area (Å²) in [5.41, 5.74) is 3.57. The third-order valence-corrected chi connectivity index (χ3v) is 3.89. The van der Waals surface area contributed by atoms with Crippen LogP contribution in [-0.2, 0) is 6.54 Å². The van der Waals surface area contributed by atoms with Gasteiger partial charge < -0.3 is 0 Å². The van der Waals surface area contributed by atoms with Crippen LogP contribution in [0.4, 0.5) is 0 Å². The minimum atomic E-state index is -0.222.